The van der Waals surface area contributed by atoms with Crippen LogP contribution in [0.25, 0.3) is 0 Å². The molecule has 0 radical (unpaired) electrons. The van der Waals surface area contributed by atoms with Crippen molar-refractivity contribution in [3.8, 4) is 0 Å². The van der Waals surface area contributed by atoms with Crippen LogP contribution in [0.5, 0.6) is 0 Å². The molecule has 0 saturated carbocycles. The third-order valence-corrected chi connectivity index (χ3v) is 1.47. The van der Waals surface area contributed by atoms with E-state index in [-0.39, 0.29) is 26.7 Å². The molecule has 0 spiro atoms. The average molecular weight is 227 g/mol. The number of hydrogen-bond donors (Lipinski definition) is 3. The van der Waals surface area contributed by atoms with Crippen molar-refractivity contribution in [1.82, 2.24) is 0 Å². The van der Waals surface area contributed by atoms with E-state index in [4.69, 9.17) is 20.7 Å². The van der Waals surface area contributed by atoms with E-state index in [2.05, 4.69) is 0 Å². The number of aliphatic carboxylic acids is 1. The van der Waals surface area contributed by atoms with Crippen LogP contribution in [0.3, 0.4) is 0 Å². The summed E-state index contributed by atoms with van der Waals surface area (Å²) in [4.78, 5) is 21.6. The van der Waals surface area contributed by atoms with E-state index < -0.39 is 29.7 Å². The summed E-state index contributed by atoms with van der Waals surface area (Å²) in [6.07, 6.45) is -2.00. The number of carbonyl (C=O) groups excluding carboxylic acids is 1. The summed E-state index contributed by atoms with van der Waals surface area (Å²) >= 11 is 0. The normalized spacial score (nSPS) is 14.6. The predicted molar refractivity (Wildman–Crippen MR) is 53.2 cm³/mol. The van der Waals surface area contributed by atoms with Crippen molar-refractivity contribution < 1.29 is 44.8 Å². The zero-order valence-corrected chi connectivity index (χ0v) is 10.1. The molecule has 0 aromatic rings. The third kappa shape index (κ3) is 7.71. The van der Waals surface area contributed by atoms with Gasteiger partial charge in [0.2, 0.25) is 0 Å². The minimum atomic E-state index is -1.65. The summed E-state index contributed by atoms with van der Waals surface area (Å²) in [6, 6.07) is -1.13. The molecule has 0 aliphatic heterocycles. The van der Waals surface area contributed by atoms with Crippen molar-refractivity contribution in [2.75, 3.05) is 0 Å². The Morgan fingerprint density at radius 1 is 1.44 bits per heavy atom. The first-order chi connectivity index (χ1) is 6.63. The van der Waals surface area contributed by atoms with Gasteiger partial charge in [0.1, 0.15) is 11.6 Å². The number of hydrogen-bond acceptors (Lipinski definition) is 5. The Morgan fingerprint density at radius 2 is 1.88 bits per heavy atom. The second-order valence-corrected chi connectivity index (χ2v) is 4.23. The monoisotopic (exact) mass is 227 g/mol. The molecule has 0 amide bonds. The van der Waals surface area contributed by atoms with Crippen LogP contribution in [-0.2, 0) is 14.3 Å². The van der Waals surface area contributed by atoms with Gasteiger partial charge in [0, 0.05) is 6.42 Å². The molecule has 0 fully saturated rings. The number of carbonyl (C=O) groups is 2. The molecule has 0 aliphatic carbocycles. The van der Waals surface area contributed by atoms with Crippen molar-refractivity contribution in [2.24, 2.45) is 5.73 Å². The molecule has 0 aliphatic rings. The van der Waals surface area contributed by atoms with Crippen LogP contribution < -0.4 is 24.6 Å². The number of carboxylic acids is 1. The van der Waals surface area contributed by atoms with Gasteiger partial charge in [-0.25, -0.2) is 4.79 Å². The molecule has 6 nitrogen and oxygen atoms in total. The SMILES string of the molecule is CC(C)(C)OC(=O)C(N)CC(O)C(=O)O.[H-].[Li+]. The Bertz CT molecular complexity index is 256. The topological polar surface area (TPSA) is 110 Å². The first-order valence-electron chi connectivity index (χ1n) is 4.53. The van der Waals surface area contributed by atoms with Crippen molar-refractivity contribution in [1.29, 1.82) is 0 Å². The Kier molecular flexibility index (Phi) is 7.71. The molecule has 0 bridgehead atoms. The van der Waals surface area contributed by atoms with Crippen molar-refractivity contribution in [2.45, 2.75) is 44.9 Å². The molecule has 16 heavy (non-hydrogen) atoms. The Hall–Kier alpha value is -0.543. The van der Waals surface area contributed by atoms with E-state index in [1.54, 1.807) is 20.8 Å². The molecule has 7 heteroatoms. The molecular weight excluding hydrogens is 209 g/mol. The summed E-state index contributed by atoms with van der Waals surface area (Å²) < 4.78 is 4.91. The fraction of sp³-hybridized carbons (Fsp3) is 0.778. The number of aliphatic hydroxyl groups excluding tert-OH is 1. The van der Waals surface area contributed by atoms with Crippen molar-refractivity contribution >= 4 is 11.9 Å². The van der Waals surface area contributed by atoms with Crippen LogP contribution >= 0.6 is 0 Å². The maximum atomic E-state index is 11.3. The van der Waals surface area contributed by atoms with E-state index in [1.165, 1.54) is 0 Å². The molecule has 2 unspecified atom stereocenters. The van der Waals surface area contributed by atoms with E-state index in [0.29, 0.717) is 0 Å². The van der Waals surface area contributed by atoms with Crippen LogP contribution in [0.2, 0.25) is 0 Å². The van der Waals surface area contributed by atoms with E-state index in [1.807, 2.05) is 0 Å². The van der Waals surface area contributed by atoms with E-state index in [9.17, 15) is 9.59 Å². The summed E-state index contributed by atoms with van der Waals surface area (Å²) in [7, 11) is 0. The fourth-order valence-electron chi connectivity index (χ4n) is 0.815. The van der Waals surface area contributed by atoms with Crippen LogP contribution in [0.4, 0.5) is 0 Å². The minimum Gasteiger partial charge on any atom is -1.00 e. The first kappa shape index (κ1) is 17.8. The Labute approximate surface area is 108 Å². The maximum Gasteiger partial charge on any atom is 1.00 e. The van der Waals surface area contributed by atoms with Gasteiger partial charge in [0.05, 0.1) is 0 Å². The van der Waals surface area contributed by atoms with E-state index >= 15 is 0 Å². The summed E-state index contributed by atoms with van der Waals surface area (Å²) in [5.41, 5.74) is 4.69. The molecule has 0 saturated heterocycles. The van der Waals surface area contributed by atoms with Gasteiger partial charge >= 0.3 is 30.8 Å². The molecule has 0 heterocycles. The van der Waals surface area contributed by atoms with Gasteiger partial charge in [0.25, 0.3) is 0 Å². The molecular formula is C9H18LiNO5. The standard InChI is InChI=1S/C9H17NO5.Li.H/c1-9(2,3)15-8(14)5(10)4-6(11)7(12)13;;/h5-6,11H,4,10H2,1-3H3,(H,12,13);;/q;+1;-1. The second-order valence-electron chi connectivity index (χ2n) is 4.23. The number of nitrogens with two attached hydrogens (primary N) is 1. The molecule has 0 aromatic carbocycles. The van der Waals surface area contributed by atoms with Crippen LogP contribution in [0.1, 0.15) is 28.6 Å². The number of carboxylic acid groups (broad SMARTS) is 1. The van der Waals surface area contributed by atoms with Gasteiger partial charge in [-0.3, -0.25) is 4.79 Å². The summed E-state index contributed by atoms with van der Waals surface area (Å²) in [6.45, 7) is 5.02. The van der Waals surface area contributed by atoms with Gasteiger partial charge in [-0.05, 0) is 20.8 Å². The largest absolute Gasteiger partial charge is 1.00 e. The van der Waals surface area contributed by atoms with E-state index in [0.717, 1.165) is 0 Å². The fourth-order valence-corrected chi connectivity index (χ4v) is 0.815. The van der Waals surface area contributed by atoms with Crippen molar-refractivity contribution in [3.63, 3.8) is 0 Å². The molecule has 2 atom stereocenters. The smallest absolute Gasteiger partial charge is 1.00 e. The predicted octanol–water partition coefficient (Wildman–Crippen LogP) is -3.39. The van der Waals surface area contributed by atoms with Crippen molar-refractivity contribution in [3.05, 3.63) is 0 Å². The van der Waals surface area contributed by atoms with Crippen LogP contribution in [0.15, 0.2) is 0 Å². The van der Waals surface area contributed by atoms with Crippen LogP contribution in [-0.4, -0.2) is 39.9 Å². The minimum absolute atomic E-state index is 0. The molecule has 90 valence electrons. The number of aliphatic hydroxyl groups is 1. The number of rotatable bonds is 4. The summed E-state index contributed by atoms with van der Waals surface area (Å²) in [5.74, 6) is -2.13. The molecule has 4 N–H and O–H groups in total. The van der Waals surface area contributed by atoms with Crippen LogP contribution in [0, 0.1) is 0 Å². The number of ether oxygens (including phenoxy) is 1. The van der Waals surface area contributed by atoms with Gasteiger partial charge in [-0.1, -0.05) is 0 Å². The zero-order valence-electron chi connectivity index (χ0n) is 11.1. The number of esters is 1. The van der Waals surface area contributed by atoms with Gasteiger partial charge < -0.3 is 22.1 Å². The quantitative estimate of drug-likeness (QED) is 0.341. The zero-order chi connectivity index (χ0) is 12.2. The Morgan fingerprint density at radius 3 is 2.19 bits per heavy atom. The molecule has 0 aromatic heterocycles. The third-order valence-electron chi connectivity index (χ3n) is 1.47. The first-order valence-corrected chi connectivity index (χ1v) is 4.53. The second kappa shape index (κ2) is 6.92. The Balaban J connectivity index is -0.000000980. The summed E-state index contributed by atoms with van der Waals surface area (Å²) in [5, 5.41) is 17.3. The van der Waals surface area contributed by atoms with Gasteiger partial charge in [-0.15, -0.1) is 0 Å². The maximum absolute atomic E-state index is 11.3. The van der Waals surface area contributed by atoms with Gasteiger partial charge in [-0.2, -0.15) is 0 Å². The van der Waals surface area contributed by atoms with Gasteiger partial charge in [0.15, 0.2) is 6.10 Å². The molecule has 0 rings (SSSR count). The average Bonchev–Trinajstić information content (AvgIpc) is 2.00.